The number of ketones is 1. The largest absolute Gasteiger partial charge is 0.490 e. The summed E-state index contributed by atoms with van der Waals surface area (Å²) in [4.78, 5) is 23.9. The van der Waals surface area contributed by atoms with Gasteiger partial charge in [-0.25, -0.2) is 4.79 Å². The first-order chi connectivity index (χ1) is 14.5. The van der Waals surface area contributed by atoms with Gasteiger partial charge in [0.2, 0.25) is 0 Å². The summed E-state index contributed by atoms with van der Waals surface area (Å²) in [5, 5.41) is 0. The lowest BCUT2D eigenvalue weighted by Crippen LogP contribution is -2.24. The van der Waals surface area contributed by atoms with Crippen LogP contribution in [0.1, 0.15) is 81.5 Å². The molecule has 0 N–H and O–H groups in total. The van der Waals surface area contributed by atoms with Gasteiger partial charge in [-0.15, -0.1) is 0 Å². The van der Waals surface area contributed by atoms with Crippen molar-refractivity contribution < 1.29 is 19.1 Å². The van der Waals surface area contributed by atoms with E-state index >= 15 is 0 Å². The maximum atomic E-state index is 12.4. The Morgan fingerprint density at radius 3 is 2.33 bits per heavy atom. The van der Waals surface area contributed by atoms with Gasteiger partial charge < -0.3 is 9.47 Å². The van der Waals surface area contributed by atoms with Crippen molar-refractivity contribution in [1.29, 1.82) is 0 Å². The zero-order chi connectivity index (χ0) is 21.8. The molecule has 1 aliphatic carbocycles. The van der Waals surface area contributed by atoms with Crippen LogP contribution < -0.4 is 4.74 Å². The van der Waals surface area contributed by atoms with Crippen LogP contribution in [0.3, 0.4) is 0 Å². The van der Waals surface area contributed by atoms with Gasteiger partial charge in [0.05, 0.1) is 5.56 Å². The van der Waals surface area contributed by atoms with E-state index in [1.807, 2.05) is 0 Å². The number of hydrogen-bond donors (Lipinski definition) is 0. The molecule has 164 valence electrons. The molecule has 0 bridgehead atoms. The van der Waals surface area contributed by atoms with Crippen molar-refractivity contribution in [2.75, 3.05) is 6.61 Å². The molecule has 0 atom stereocenters. The van der Waals surface area contributed by atoms with Crippen LogP contribution in [0.25, 0.3) is 0 Å². The Bertz CT molecular complexity index is 696. The smallest absolute Gasteiger partial charge is 0.338 e. The van der Waals surface area contributed by atoms with Crippen LogP contribution in [0.4, 0.5) is 0 Å². The molecule has 0 radical (unpaired) electrons. The highest BCUT2D eigenvalue weighted by Crippen LogP contribution is 2.30. The quantitative estimate of drug-likeness (QED) is 0.162. The highest BCUT2D eigenvalue weighted by atomic mass is 16.5. The molecule has 4 nitrogen and oxygen atoms in total. The number of allylic oxidation sites excluding steroid dienone is 1. The first-order valence-electron chi connectivity index (χ1n) is 11.2. The molecule has 0 spiro atoms. The number of carbonyl (C=O) groups excluding carboxylic acids is 2. The summed E-state index contributed by atoms with van der Waals surface area (Å²) < 4.78 is 11.1. The van der Waals surface area contributed by atoms with E-state index in [-0.39, 0.29) is 17.9 Å². The van der Waals surface area contributed by atoms with Crippen molar-refractivity contribution in [2.45, 2.75) is 77.2 Å². The number of esters is 1. The van der Waals surface area contributed by atoms with Gasteiger partial charge in [-0.1, -0.05) is 44.9 Å². The summed E-state index contributed by atoms with van der Waals surface area (Å²) in [6.07, 6.45) is 12.2. The van der Waals surface area contributed by atoms with Crippen molar-refractivity contribution in [1.82, 2.24) is 0 Å². The van der Waals surface area contributed by atoms with E-state index in [0.717, 1.165) is 50.2 Å². The van der Waals surface area contributed by atoms with E-state index < -0.39 is 0 Å². The van der Waals surface area contributed by atoms with Gasteiger partial charge in [-0.2, -0.15) is 0 Å². The van der Waals surface area contributed by atoms with Crippen LogP contribution in [-0.4, -0.2) is 24.5 Å². The van der Waals surface area contributed by atoms with Gasteiger partial charge in [0.15, 0.2) is 5.78 Å². The lowest BCUT2D eigenvalue weighted by molar-refractivity contribution is -0.115. The van der Waals surface area contributed by atoms with Gasteiger partial charge in [0, 0.05) is 6.42 Å². The molecule has 1 aliphatic rings. The van der Waals surface area contributed by atoms with E-state index in [1.54, 1.807) is 37.3 Å². The van der Waals surface area contributed by atoms with Crippen LogP contribution in [0.2, 0.25) is 0 Å². The molecule has 4 heteroatoms. The third kappa shape index (κ3) is 8.56. The number of rotatable bonds is 13. The molecule has 1 aromatic carbocycles. The lowest BCUT2D eigenvalue weighted by Gasteiger charge is -2.28. The second-order valence-electron chi connectivity index (χ2n) is 8.33. The van der Waals surface area contributed by atoms with E-state index in [1.165, 1.54) is 19.3 Å². The second-order valence-corrected chi connectivity index (χ2v) is 8.33. The molecule has 30 heavy (non-hydrogen) atoms. The maximum Gasteiger partial charge on any atom is 0.338 e. The molecule has 0 heterocycles. The van der Waals surface area contributed by atoms with Crippen LogP contribution in [-0.2, 0) is 9.53 Å². The highest BCUT2D eigenvalue weighted by molar-refractivity contribution is 5.94. The molecule has 2 rings (SSSR count). The van der Waals surface area contributed by atoms with Crippen molar-refractivity contribution in [3.8, 4) is 5.75 Å². The molecular weight excluding hydrogens is 376 g/mol. The molecule has 0 aliphatic heterocycles. The van der Waals surface area contributed by atoms with Gasteiger partial charge >= 0.3 is 5.97 Å². The zero-order valence-corrected chi connectivity index (χ0v) is 18.4. The third-order valence-electron chi connectivity index (χ3n) is 5.77. The summed E-state index contributed by atoms with van der Waals surface area (Å²) in [6.45, 7) is 9.54. The van der Waals surface area contributed by atoms with Crippen LogP contribution >= 0.6 is 0 Å². The molecule has 0 amide bonds. The fourth-order valence-electron chi connectivity index (χ4n) is 3.89. The Labute approximate surface area is 181 Å². The minimum atomic E-state index is -0.252. The van der Waals surface area contributed by atoms with Crippen molar-refractivity contribution >= 4 is 11.8 Å². The number of carbonyl (C=O) groups is 2. The number of hydrogen-bond acceptors (Lipinski definition) is 4. The summed E-state index contributed by atoms with van der Waals surface area (Å²) in [5.41, 5.74) is 1.23. The molecule has 1 aromatic rings. The standard InChI is InChI=1S/C26H36O4/c1-4-19-29-23-17-13-22(14-18-23)26(28)30-24-15-11-21(12-16-24)9-7-5-6-8-10-25(27)20(2)3/h4,13-14,17-18,21,24H,1-2,5-12,15-16,19H2,3H3. The fourth-order valence-corrected chi connectivity index (χ4v) is 3.89. The number of unbranched alkanes of at least 4 members (excludes halogenated alkanes) is 3. The summed E-state index contributed by atoms with van der Waals surface area (Å²) in [7, 11) is 0. The predicted molar refractivity (Wildman–Crippen MR) is 121 cm³/mol. The van der Waals surface area contributed by atoms with Crippen molar-refractivity contribution in [3.63, 3.8) is 0 Å². The Kier molecular flexibility index (Phi) is 10.4. The van der Waals surface area contributed by atoms with Gasteiger partial charge in [0.25, 0.3) is 0 Å². The number of ether oxygens (including phenoxy) is 2. The summed E-state index contributed by atoms with van der Waals surface area (Å²) >= 11 is 0. The van der Waals surface area contributed by atoms with E-state index in [4.69, 9.17) is 9.47 Å². The van der Waals surface area contributed by atoms with Crippen LogP contribution in [0, 0.1) is 5.92 Å². The average Bonchev–Trinajstić information content (AvgIpc) is 2.75. The molecule has 0 aromatic heterocycles. The minimum Gasteiger partial charge on any atom is -0.490 e. The van der Waals surface area contributed by atoms with E-state index in [9.17, 15) is 9.59 Å². The molecular formula is C26H36O4. The lowest BCUT2D eigenvalue weighted by atomic mass is 9.84. The Hall–Kier alpha value is -2.36. The monoisotopic (exact) mass is 412 g/mol. The average molecular weight is 413 g/mol. The SMILES string of the molecule is C=CCOc1ccc(C(=O)OC2CCC(CCCCCCC(=O)C(=C)C)CC2)cc1. The maximum absolute atomic E-state index is 12.4. The number of Topliss-reactive ketones (excluding diaryl/α,β-unsaturated/α-hetero) is 1. The van der Waals surface area contributed by atoms with Crippen LogP contribution in [0.5, 0.6) is 5.75 Å². The molecule has 1 fully saturated rings. The number of benzene rings is 1. The minimum absolute atomic E-state index is 0.0265. The van der Waals surface area contributed by atoms with Crippen LogP contribution in [0.15, 0.2) is 49.1 Å². The Morgan fingerprint density at radius 2 is 1.70 bits per heavy atom. The van der Waals surface area contributed by atoms with Gasteiger partial charge in [-0.3, -0.25) is 4.79 Å². The second kappa shape index (κ2) is 13.0. The first-order valence-corrected chi connectivity index (χ1v) is 11.2. The van der Waals surface area contributed by atoms with Gasteiger partial charge in [-0.05, 0) is 74.8 Å². The van der Waals surface area contributed by atoms with Crippen molar-refractivity contribution in [3.05, 3.63) is 54.6 Å². The molecule has 0 saturated heterocycles. The first kappa shape index (κ1) is 23.9. The highest BCUT2D eigenvalue weighted by Gasteiger charge is 2.24. The zero-order valence-electron chi connectivity index (χ0n) is 18.4. The summed E-state index contributed by atoms with van der Waals surface area (Å²) in [5.74, 6) is 1.39. The van der Waals surface area contributed by atoms with E-state index in [2.05, 4.69) is 13.2 Å². The predicted octanol–water partition coefficient (Wildman–Crippen LogP) is 6.45. The summed E-state index contributed by atoms with van der Waals surface area (Å²) in [6, 6.07) is 7.06. The fraction of sp³-hybridized carbons (Fsp3) is 0.538. The third-order valence-corrected chi connectivity index (χ3v) is 5.77. The van der Waals surface area contributed by atoms with Gasteiger partial charge in [0.1, 0.15) is 18.5 Å². The Balaban J connectivity index is 1.59. The van der Waals surface area contributed by atoms with E-state index in [0.29, 0.717) is 24.2 Å². The topological polar surface area (TPSA) is 52.6 Å². The molecule has 1 saturated carbocycles. The van der Waals surface area contributed by atoms with Crippen molar-refractivity contribution in [2.24, 2.45) is 5.92 Å². The normalized spacial score (nSPS) is 18.4. The Morgan fingerprint density at radius 1 is 1.03 bits per heavy atom. The molecule has 0 unspecified atom stereocenters.